The minimum Gasteiger partial charge on any atom is -0.345 e. The monoisotopic (exact) mass is 469 g/mol. The van der Waals surface area contributed by atoms with Crippen molar-refractivity contribution < 1.29 is 23.6 Å². The van der Waals surface area contributed by atoms with Crippen LogP contribution in [0.25, 0.3) is 0 Å². The Bertz CT molecular complexity index is 1200. The van der Waals surface area contributed by atoms with E-state index in [-0.39, 0.29) is 43.0 Å². The Labute approximate surface area is 194 Å². The fourth-order valence-electron chi connectivity index (χ4n) is 4.57. The Morgan fingerprint density at radius 1 is 1.12 bits per heavy atom. The number of fused-ring (bicyclic) bond motifs is 1. The highest BCUT2D eigenvalue weighted by Gasteiger charge is 2.40. The zero-order valence-corrected chi connectivity index (χ0v) is 18.3. The highest BCUT2D eigenvalue weighted by molar-refractivity contribution is 6.30. The van der Waals surface area contributed by atoms with Crippen LogP contribution in [-0.2, 0) is 16.1 Å². The molecule has 2 aromatic carbocycles. The number of hydrogen-bond acceptors (Lipinski definition) is 4. The molecule has 5 rings (SSSR count). The van der Waals surface area contributed by atoms with E-state index < -0.39 is 23.8 Å². The number of amides is 4. The van der Waals surface area contributed by atoms with Crippen molar-refractivity contribution in [2.75, 3.05) is 0 Å². The second kappa shape index (κ2) is 8.26. The van der Waals surface area contributed by atoms with Crippen LogP contribution in [0, 0.1) is 11.7 Å². The van der Waals surface area contributed by atoms with Gasteiger partial charge in [-0.2, -0.15) is 0 Å². The van der Waals surface area contributed by atoms with E-state index >= 15 is 0 Å². The lowest BCUT2D eigenvalue weighted by Crippen LogP contribution is -2.52. The van der Waals surface area contributed by atoms with Crippen LogP contribution in [0.5, 0.6) is 0 Å². The molecule has 0 bridgehead atoms. The van der Waals surface area contributed by atoms with Crippen LogP contribution in [0.2, 0.25) is 5.02 Å². The molecule has 170 valence electrons. The summed E-state index contributed by atoms with van der Waals surface area (Å²) in [5.41, 5.74) is 1.82. The van der Waals surface area contributed by atoms with E-state index in [9.17, 15) is 23.6 Å². The van der Waals surface area contributed by atoms with Gasteiger partial charge in [-0.1, -0.05) is 17.7 Å². The van der Waals surface area contributed by atoms with Crippen molar-refractivity contribution >= 4 is 35.2 Å². The van der Waals surface area contributed by atoms with Gasteiger partial charge in [-0.25, -0.2) is 4.39 Å². The molecule has 3 aliphatic rings. The fourth-order valence-corrected chi connectivity index (χ4v) is 4.73. The van der Waals surface area contributed by atoms with Crippen molar-refractivity contribution in [1.29, 1.82) is 0 Å². The summed E-state index contributed by atoms with van der Waals surface area (Å²) >= 11 is 5.87. The molecule has 7 nitrogen and oxygen atoms in total. The van der Waals surface area contributed by atoms with Crippen molar-refractivity contribution in [3.8, 4) is 0 Å². The number of piperidine rings is 1. The third-order valence-corrected chi connectivity index (χ3v) is 6.70. The van der Waals surface area contributed by atoms with Crippen LogP contribution in [0.1, 0.15) is 63.6 Å². The molecule has 4 amide bonds. The van der Waals surface area contributed by atoms with Gasteiger partial charge in [0.15, 0.2) is 0 Å². The van der Waals surface area contributed by atoms with Gasteiger partial charge in [-0.05, 0) is 61.1 Å². The van der Waals surface area contributed by atoms with Gasteiger partial charge in [0.05, 0.1) is 6.04 Å². The lowest BCUT2D eigenvalue weighted by molar-refractivity contribution is -0.136. The standard InChI is InChI=1S/C24H21ClFN3O4/c25-15-4-6-17(18(26)10-15)21(12-1-2-12)28-22(31)13-3-5-16-14(9-13)11-29(24(16)33)19-7-8-20(30)27-23(19)32/h3-6,9-10,12,19,21H,1-2,7-8,11H2,(H,28,31)(H,27,30,32). The van der Waals surface area contributed by atoms with Gasteiger partial charge in [0, 0.05) is 34.7 Å². The average Bonchev–Trinajstić information content (AvgIpc) is 3.56. The average molecular weight is 470 g/mol. The largest absolute Gasteiger partial charge is 0.345 e. The summed E-state index contributed by atoms with van der Waals surface area (Å²) in [4.78, 5) is 50.9. The third-order valence-electron chi connectivity index (χ3n) is 6.46. The summed E-state index contributed by atoms with van der Waals surface area (Å²) in [5.74, 6) is -1.80. The molecule has 0 aromatic heterocycles. The minimum absolute atomic E-state index is 0.156. The van der Waals surface area contributed by atoms with Crippen molar-refractivity contribution in [3.63, 3.8) is 0 Å². The zero-order valence-electron chi connectivity index (χ0n) is 17.6. The lowest BCUT2D eigenvalue weighted by atomic mass is 10.0. The van der Waals surface area contributed by atoms with Crippen LogP contribution >= 0.6 is 11.6 Å². The molecular formula is C24H21ClFN3O4. The molecule has 0 radical (unpaired) electrons. The maximum absolute atomic E-state index is 14.5. The fraction of sp³-hybridized carbons (Fsp3) is 0.333. The number of carbonyl (C=O) groups is 4. The summed E-state index contributed by atoms with van der Waals surface area (Å²) in [7, 11) is 0. The van der Waals surface area contributed by atoms with E-state index in [1.807, 2.05) is 0 Å². The smallest absolute Gasteiger partial charge is 0.255 e. The SMILES string of the molecule is O=C1CCC(N2Cc3cc(C(=O)NC(c4ccc(Cl)cc4F)C4CC4)ccc3C2=O)C(=O)N1. The first-order chi connectivity index (χ1) is 15.8. The topological polar surface area (TPSA) is 95.6 Å². The maximum Gasteiger partial charge on any atom is 0.255 e. The number of carbonyl (C=O) groups excluding carboxylic acids is 4. The van der Waals surface area contributed by atoms with Crippen molar-refractivity contribution in [2.24, 2.45) is 5.92 Å². The molecule has 9 heteroatoms. The highest BCUT2D eigenvalue weighted by atomic mass is 35.5. The van der Waals surface area contributed by atoms with Gasteiger partial charge in [-0.15, -0.1) is 0 Å². The summed E-state index contributed by atoms with van der Waals surface area (Å²) in [6.07, 6.45) is 2.24. The van der Waals surface area contributed by atoms with E-state index in [0.29, 0.717) is 27.3 Å². The van der Waals surface area contributed by atoms with Gasteiger partial charge in [-0.3, -0.25) is 24.5 Å². The first-order valence-corrected chi connectivity index (χ1v) is 11.2. The molecule has 2 atom stereocenters. The Balaban J connectivity index is 1.34. The predicted molar refractivity (Wildman–Crippen MR) is 117 cm³/mol. The molecule has 1 saturated carbocycles. The third kappa shape index (κ3) is 4.11. The van der Waals surface area contributed by atoms with Crippen LogP contribution in [0.4, 0.5) is 4.39 Å². The number of halogens is 2. The van der Waals surface area contributed by atoms with Crippen LogP contribution in [0.3, 0.4) is 0 Å². The molecule has 33 heavy (non-hydrogen) atoms. The van der Waals surface area contributed by atoms with Gasteiger partial charge in [0.25, 0.3) is 11.8 Å². The first-order valence-electron chi connectivity index (χ1n) is 10.8. The van der Waals surface area contributed by atoms with Crippen molar-refractivity contribution in [2.45, 2.75) is 44.3 Å². The second-order valence-corrected chi connectivity index (χ2v) is 9.16. The van der Waals surface area contributed by atoms with E-state index in [0.717, 1.165) is 12.8 Å². The summed E-state index contributed by atoms with van der Waals surface area (Å²) < 4.78 is 14.5. The van der Waals surface area contributed by atoms with Crippen LogP contribution in [-0.4, -0.2) is 34.6 Å². The summed E-state index contributed by atoms with van der Waals surface area (Å²) in [5, 5.41) is 5.50. The molecule has 2 fully saturated rings. The van der Waals surface area contributed by atoms with E-state index in [2.05, 4.69) is 10.6 Å². The number of hydrogen-bond donors (Lipinski definition) is 2. The summed E-state index contributed by atoms with van der Waals surface area (Å²) in [6.45, 7) is 0.180. The van der Waals surface area contributed by atoms with Gasteiger partial charge < -0.3 is 10.2 Å². The number of rotatable bonds is 5. The molecule has 2 unspecified atom stereocenters. The second-order valence-electron chi connectivity index (χ2n) is 8.73. The van der Waals surface area contributed by atoms with Crippen LogP contribution in [0.15, 0.2) is 36.4 Å². The maximum atomic E-state index is 14.5. The van der Waals surface area contributed by atoms with E-state index in [4.69, 9.17) is 11.6 Å². The quantitative estimate of drug-likeness (QED) is 0.658. The number of nitrogens with zero attached hydrogens (tertiary/aromatic N) is 1. The number of nitrogens with one attached hydrogen (secondary N) is 2. The molecule has 1 saturated heterocycles. The molecule has 0 spiro atoms. The normalized spacial score (nSPS) is 21.0. The number of imide groups is 1. The highest BCUT2D eigenvalue weighted by Crippen LogP contribution is 2.42. The minimum atomic E-state index is -0.716. The zero-order chi connectivity index (χ0) is 23.3. The van der Waals surface area contributed by atoms with Gasteiger partial charge >= 0.3 is 0 Å². The van der Waals surface area contributed by atoms with Gasteiger partial charge in [0.2, 0.25) is 11.8 Å². The van der Waals surface area contributed by atoms with Gasteiger partial charge in [0.1, 0.15) is 11.9 Å². The number of benzene rings is 2. The molecule has 2 heterocycles. The Morgan fingerprint density at radius 3 is 2.61 bits per heavy atom. The van der Waals surface area contributed by atoms with Crippen molar-refractivity contribution in [1.82, 2.24) is 15.5 Å². The molecule has 2 N–H and O–H groups in total. The molecule has 1 aliphatic carbocycles. The van der Waals surface area contributed by atoms with E-state index in [1.54, 1.807) is 30.3 Å². The summed E-state index contributed by atoms with van der Waals surface area (Å²) in [6, 6.07) is 8.03. The first kappa shape index (κ1) is 21.6. The lowest BCUT2D eigenvalue weighted by Gasteiger charge is -2.29. The molecular weight excluding hydrogens is 449 g/mol. The molecule has 2 aromatic rings. The van der Waals surface area contributed by atoms with Crippen molar-refractivity contribution in [3.05, 3.63) is 69.5 Å². The van der Waals surface area contributed by atoms with Crippen LogP contribution < -0.4 is 10.6 Å². The Hall–Kier alpha value is -3.26. The molecule has 2 aliphatic heterocycles. The predicted octanol–water partition coefficient (Wildman–Crippen LogP) is 3.12. The Morgan fingerprint density at radius 2 is 1.91 bits per heavy atom. The van der Waals surface area contributed by atoms with E-state index in [1.165, 1.54) is 11.0 Å². The Kier molecular flexibility index (Phi) is 5.40.